The van der Waals surface area contributed by atoms with Gasteiger partial charge in [0.25, 0.3) is 0 Å². The van der Waals surface area contributed by atoms with Crippen molar-refractivity contribution in [2.24, 2.45) is 0 Å². The molecule has 0 aliphatic heterocycles. The topological polar surface area (TPSA) is 82.6 Å². The first-order chi connectivity index (χ1) is 5.76. The van der Waals surface area contributed by atoms with E-state index in [2.05, 4.69) is 9.72 Å². The number of esters is 1. The minimum absolute atomic E-state index is 0. The summed E-state index contributed by atoms with van der Waals surface area (Å²) >= 11 is 0. The summed E-state index contributed by atoms with van der Waals surface area (Å²) in [5.74, 6) is -0.333. The van der Waals surface area contributed by atoms with Gasteiger partial charge in [-0.1, -0.05) is 0 Å². The van der Waals surface area contributed by atoms with Gasteiger partial charge in [-0.25, -0.2) is 4.79 Å². The van der Waals surface area contributed by atoms with Crippen molar-refractivity contribution in [1.82, 2.24) is 4.98 Å². The second-order valence-corrected chi connectivity index (χ2v) is 1.69. The van der Waals surface area contributed by atoms with E-state index in [1.54, 1.807) is 18.3 Å². The zero-order valence-corrected chi connectivity index (χ0v) is 6.52. The fraction of sp³-hybridized carbons (Fsp3) is 0.167. The minimum Gasteiger partial charge on any atom is -0.464 e. The van der Waals surface area contributed by atoms with Gasteiger partial charge in [-0.2, -0.15) is 0 Å². The lowest BCUT2D eigenvalue weighted by atomic mass is 10.4. The van der Waals surface area contributed by atoms with E-state index < -0.39 is 0 Å². The number of methoxy groups -OCH3 is 1. The number of aromatic nitrogens is 1. The maximum Gasteiger partial charge on any atom is 0.482 e. The highest BCUT2D eigenvalue weighted by Gasteiger charge is 2.02. The smallest absolute Gasteiger partial charge is 0.464 e. The van der Waals surface area contributed by atoms with Gasteiger partial charge in [-0.3, -0.25) is 0 Å². The van der Waals surface area contributed by atoms with Gasteiger partial charge < -0.3 is 19.8 Å². The van der Waals surface area contributed by atoms with E-state index in [1.165, 1.54) is 7.11 Å². The molecule has 3 N–H and O–H groups in total. The molecule has 0 fully saturated rings. The summed E-state index contributed by atoms with van der Waals surface area (Å²) in [5.41, 5.74) is 0.484. The molecule has 1 aromatic heterocycles. The summed E-state index contributed by atoms with van der Waals surface area (Å²) in [4.78, 5) is 13.3. The Balaban J connectivity index is 0.000000354. The standard InChI is InChI=1S/C6H7NO2.BH2O2/c1-9-6(8)5-3-2-4-7-5;2-1-3/h2-4,7H,1H3;2-3H. The van der Waals surface area contributed by atoms with Gasteiger partial charge in [0.1, 0.15) is 5.69 Å². The van der Waals surface area contributed by atoms with Crippen molar-refractivity contribution in [3.63, 3.8) is 0 Å². The maximum absolute atomic E-state index is 10.6. The number of hydrogen-bond donors (Lipinski definition) is 3. The van der Waals surface area contributed by atoms with Crippen LogP contribution >= 0.6 is 0 Å². The summed E-state index contributed by atoms with van der Waals surface area (Å²) in [6, 6.07) is 3.40. The molecule has 1 aromatic rings. The molecule has 0 saturated heterocycles. The predicted molar refractivity (Wildman–Crippen MR) is 42.3 cm³/mol. The van der Waals surface area contributed by atoms with Crippen LogP contribution in [0.25, 0.3) is 0 Å². The van der Waals surface area contributed by atoms with Gasteiger partial charge in [-0.05, 0) is 12.1 Å². The van der Waals surface area contributed by atoms with Gasteiger partial charge in [0.15, 0.2) is 0 Å². The number of carbonyl (C=O) groups is 1. The second-order valence-electron chi connectivity index (χ2n) is 1.69. The summed E-state index contributed by atoms with van der Waals surface area (Å²) in [7, 11) is 1.35. The van der Waals surface area contributed by atoms with E-state index >= 15 is 0 Å². The van der Waals surface area contributed by atoms with Crippen LogP contribution in [-0.2, 0) is 4.74 Å². The fourth-order valence-electron chi connectivity index (χ4n) is 0.567. The Kier molecular flexibility index (Phi) is 5.77. The van der Waals surface area contributed by atoms with Crippen LogP contribution < -0.4 is 0 Å². The molecule has 0 saturated carbocycles. The van der Waals surface area contributed by atoms with Crippen LogP contribution in [0.4, 0.5) is 0 Å². The Hall–Kier alpha value is -1.27. The second kappa shape index (κ2) is 6.45. The first-order valence-electron chi connectivity index (χ1n) is 3.08. The summed E-state index contributed by atoms with van der Waals surface area (Å²) in [6.07, 6.45) is 1.67. The van der Waals surface area contributed by atoms with Gasteiger partial charge in [0.2, 0.25) is 0 Å². The molecule has 6 heteroatoms. The van der Waals surface area contributed by atoms with Crippen LogP contribution in [-0.4, -0.2) is 35.8 Å². The Morgan fingerprint density at radius 3 is 2.58 bits per heavy atom. The third kappa shape index (κ3) is 3.79. The summed E-state index contributed by atoms with van der Waals surface area (Å²) < 4.78 is 4.42. The number of carbonyl (C=O) groups excluding carboxylic acids is 1. The lowest BCUT2D eigenvalue weighted by Gasteiger charge is -1.91. The molecule has 0 amide bonds. The zero-order chi connectivity index (χ0) is 9.40. The molecule has 0 atom stereocenters. The average molecular weight is 170 g/mol. The fourth-order valence-corrected chi connectivity index (χ4v) is 0.567. The molecule has 0 unspecified atom stereocenters. The highest BCUT2D eigenvalue weighted by Crippen LogP contribution is 1.94. The van der Waals surface area contributed by atoms with Crippen molar-refractivity contribution in [3.05, 3.63) is 24.0 Å². The molecule has 65 valence electrons. The molecular weight excluding hydrogens is 161 g/mol. The molecule has 1 heterocycles. The van der Waals surface area contributed by atoms with E-state index in [0.29, 0.717) is 5.69 Å². The van der Waals surface area contributed by atoms with E-state index in [-0.39, 0.29) is 13.7 Å². The number of hydrogen-bond acceptors (Lipinski definition) is 4. The molecule has 1 rings (SSSR count). The van der Waals surface area contributed by atoms with Crippen molar-refractivity contribution < 1.29 is 19.6 Å². The van der Waals surface area contributed by atoms with E-state index in [1.807, 2.05) is 0 Å². The highest BCUT2D eigenvalue weighted by atomic mass is 16.5. The number of H-pyrrole nitrogens is 1. The van der Waals surface area contributed by atoms with Crippen LogP contribution in [0.3, 0.4) is 0 Å². The largest absolute Gasteiger partial charge is 0.482 e. The average Bonchev–Trinajstić information content (AvgIpc) is 2.56. The SMILES string of the molecule is COC(=O)c1ccc[nH]1.O[B]O. The van der Waals surface area contributed by atoms with Gasteiger partial charge in [0.05, 0.1) is 7.11 Å². The normalized spacial score (nSPS) is 7.92. The van der Waals surface area contributed by atoms with Gasteiger partial charge in [0, 0.05) is 6.20 Å². The lowest BCUT2D eigenvalue weighted by Crippen LogP contribution is -2.00. The van der Waals surface area contributed by atoms with Crippen LogP contribution in [0, 0.1) is 0 Å². The number of nitrogens with one attached hydrogen (secondary N) is 1. The predicted octanol–water partition coefficient (Wildman–Crippen LogP) is -0.694. The number of ether oxygens (including phenoxy) is 1. The zero-order valence-electron chi connectivity index (χ0n) is 6.52. The molecule has 12 heavy (non-hydrogen) atoms. The molecule has 0 bridgehead atoms. The Labute approximate surface area is 70.3 Å². The number of aromatic amines is 1. The highest BCUT2D eigenvalue weighted by molar-refractivity contribution is 6.13. The monoisotopic (exact) mass is 170 g/mol. The van der Waals surface area contributed by atoms with Crippen molar-refractivity contribution in [2.75, 3.05) is 7.11 Å². The summed E-state index contributed by atoms with van der Waals surface area (Å²) in [5, 5.41) is 14.0. The summed E-state index contributed by atoms with van der Waals surface area (Å²) in [6.45, 7) is 0. The Morgan fingerprint density at radius 2 is 2.25 bits per heavy atom. The lowest BCUT2D eigenvalue weighted by molar-refractivity contribution is 0.0595. The molecule has 0 aliphatic carbocycles. The maximum atomic E-state index is 10.6. The van der Waals surface area contributed by atoms with Crippen LogP contribution in [0.5, 0.6) is 0 Å². The molecule has 0 aromatic carbocycles. The Bertz CT molecular complexity index is 211. The first kappa shape index (κ1) is 10.7. The van der Waals surface area contributed by atoms with E-state index in [0.717, 1.165) is 0 Å². The molecule has 1 radical (unpaired) electrons. The third-order valence-corrected chi connectivity index (χ3v) is 1.00. The molecular formula is C6H9BNO4. The van der Waals surface area contributed by atoms with Gasteiger partial charge in [-0.15, -0.1) is 0 Å². The third-order valence-electron chi connectivity index (χ3n) is 1.00. The quantitative estimate of drug-likeness (QED) is 0.384. The first-order valence-corrected chi connectivity index (χ1v) is 3.08. The van der Waals surface area contributed by atoms with E-state index in [4.69, 9.17) is 10.0 Å². The van der Waals surface area contributed by atoms with E-state index in [9.17, 15) is 4.79 Å². The van der Waals surface area contributed by atoms with Crippen LogP contribution in [0.15, 0.2) is 18.3 Å². The van der Waals surface area contributed by atoms with Crippen molar-refractivity contribution in [3.8, 4) is 0 Å². The van der Waals surface area contributed by atoms with Gasteiger partial charge >= 0.3 is 13.7 Å². The molecule has 0 spiro atoms. The number of rotatable bonds is 1. The minimum atomic E-state index is -0.333. The Morgan fingerprint density at radius 1 is 1.67 bits per heavy atom. The van der Waals surface area contributed by atoms with Crippen molar-refractivity contribution in [2.45, 2.75) is 0 Å². The van der Waals surface area contributed by atoms with Crippen molar-refractivity contribution in [1.29, 1.82) is 0 Å². The molecule has 0 aliphatic rings. The van der Waals surface area contributed by atoms with Crippen molar-refractivity contribution >= 4 is 13.7 Å². The molecule has 5 nitrogen and oxygen atoms in total. The van der Waals surface area contributed by atoms with Crippen LogP contribution in [0.1, 0.15) is 10.5 Å². The van der Waals surface area contributed by atoms with Crippen LogP contribution in [0.2, 0.25) is 0 Å².